The summed E-state index contributed by atoms with van der Waals surface area (Å²) in [5, 5.41) is 0. The van der Waals surface area contributed by atoms with Crippen molar-refractivity contribution in [3.8, 4) is 56.2 Å². The van der Waals surface area contributed by atoms with Gasteiger partial charge in [0.15, 0.2) is 17.5 Å². The molecule has 9 aromatic rings. The zero-order valence-electron chi connectivity index (χ0n) is 35.9. The molecule has 0 bridgehead atoms. The minimum absolute atomic E-state index is 0.0910. The largest absolute Gasteiger partial charge is 0.209 e. The maximum absolute atomic E-state index is 5.34. The molecule has 0 N–H and O–H groups in total. The van der Waals surface area contributed by atoms with Gasteiger partial charge in [-0.1, -0.05) is 220 Å². The second kappa shape index (κ2) is 15.0. The lowest BCUT2D eigenvalue weighted by atomic mass is 9.67. The van der Waals surface area contributed by atoms with E-state index in [4.69, 9.17) is 15.0 Å². The molecule has 1 aromatic heterocycles. The lowest BCUT2D eigenvalue weighted by molar-refractivity contribution is 0.660. The van der Waals surface area contributed by atoms with Gasteiger partial charge < -0.3 is 0 Å². The van der Waals surface area contributed by atoms with Crippen LogP contribution in [0.5, 0.6) is 0 Å². The Morgan fingerprint density at radius 1 is 0.422 bits per heavy atom. The number of hydrogen-bond acceptors (Lipinski definition) is 3. The molecule has 3 aliphatic rings. The minimum atomic E-state index is -0.633. The molecule has 1 heterocycles. The summed E-state index contributed by atoms with van der Waals surface area (Å²) in [5.74, 6) is 2.27. The van der Waals surface area contributed by atoms with Crippen LogP contribution in [0.25, 0.3) is 61.7 Å². The smallest absolute Gasteiger partial charge is 0.164 e. The van der Waals surface area contributed by atoms with Crippen LogP contribution in [0.1, 0.15) is 71.0 Å². The molecule has 0 saturated heterocycles. The Morgan fingerprint density at radius 2 is 0.953 bits per heavy atom. The molecular formula is C61H45N3. The van der Waals surface area contributed by atoms with E-state index in [1.54, 1.807) is 0 Å². The molecule has 304 valence electrons. The molecule has 0 amide bonds. The molecule has 1 unspecified atom stereocenters. The number of rotatable bonds is 7. The van der Waals surface area contributed by atoms with E-state index in [2.05, 4.69) is 214 Å². The third-order valence-corrected chi connectivity index (χ3v) is 14.0. The van der Waals surface area contributed by atoms with Gasteiger partial charge in [0.1, 0.15) is 0 Å². The zero-order chi connectivity index (χ0) is 42.8. The maximum atomic E-state index is 5.34. The van der Waals surface area contributed by atoms with Gasteiger partial charge in [-0.15, -0.1) is 0 Å². The average molecular weight is 820 g/mol. The number of fused-ring (bicyclic) bond motifs is 6. The van der Waals surface area contributed by atoms with Gasteiger partial charge in [0.25, 0.3) is 0 Å². The standard InChI is InChI=1S/C61H45N3/c1-60(2)52-31-16-15-29-51(52)56-48(30-18-32-53(56)60)43-33-35-49-50-36-34-45(39-55(50)61(54(49)38-43,46-25-11-5-12-26-46)47-27-13-6-14-28-47)59-63-57(41-21-9-4-10-22-41)62-58(64-59)44-24-17-23-42(37-44)40-19-7-3-8-20-40/h3-36,38-39,42H,37H2,1-2H3. The SMILES string of the molecule is CC1(C)c2ccccc2-c2c(-c3ccc4c(c3)C(c3ccccc3)(c3ccccc3)c3cc(-c5nc(C6=CC=CC(c7ccccc7)C6)nc(-c6ccccc6)n5)ccc3-4)cccc21. The van der Waals surface area contributed by atoms with E-state index in [0.29, 0.717) is 17.5 Å². The van der Waals surface area contributed by atoms with Crippen LogP contribution in [0, 0.1) is 0 Å². The van der Waals surface area contributed by atoms with Crippen LogP contribution in [0.3, 0.4) is 0 Å². The Kier molecular flexibility index (Phi) is 8.88. The van der Waals surface area contributed by atoms with Gasteiger partial charge in [-0.05, 0) is 96.5 Å². The number of hydrogen-bond donors (Lipinski definition) is 0. The van der Waals surface area contributed by atoms with Gasteiger partial charge in [-0.3, -0.25) is 0 Å². The zero-order valence-corrected chi connectivity index (χ0v) is 35.9. The summed E-state index contributed by atoms with van der Waals surface area (Å²) in [6.07, 6.45) is 7.40. The predicted molar refractivity (Wildman–Crippen MR) is 262 cm³/mol. The Hall–Kier alpha value is -7.75. The quantitative estimate of drug-likeness (QED) is 0.161. The lowest BCUT2D eigenvalue weighted by Crippen LogP contribution is -2.28. The Bertz CT molecular complexity index is 3270. The molecule has 0 fully saturated rings. The molecule has 3 heteroatoms. The molecule has 3 aliphatic carbocycles. The highest BCUT2D eigenvalue weighted by Crippen LogP contribution is 2.58. The van der Waals surface area contributed by atoms with Crippen LogP contribution in [-0.2, 0) is 10.8 Å². The fourth-order valence-corrected chi connectivity index (χ4v) is 10.9. The van der Waals surface area contributed by atoms with Crippen molar-refractivity contribution in [3.63, 3.8) is 0 Å². The van der Waals surface area contributed by atoms with Crippen molar-refractivity contribution in [2.24, 2.45) is 0 Å². The summed E-state index contributed by atoms with van der Waals surface area (Å²) >= 11 is 0. The highest BCUT2D eigenvalue weighted by molar-refractivity contribution is 5.95. The van der Waals surface area contributed by atoms with Crippen molar-refractivity contribution in [1.82, 2.24) is 15.0 Å². The average Bonchev–Trinajstić information content (AvgIpc) is 3.79. The van der Waals surface area contributed by atoms with E-state index in [-0.39, 0.29) is 11.3 Å². The third kappa shape index (κ3) is 5.92. The van der Waals surface area contributed by atoms with Crippen LogP contribution >= 0.6 is 0 Å². The van der Waals surface area contributed by atoms with Crippen molar-refractivity contribution in [1.29, 1.82) is 0 Å². The molecule has 1 atom stereocenters. The van der Waals surface area contributed by atoms with Crippen molar-refractivity contribution in [2.45, 2.75) is 37.0 Å². The Morgan fingerprint density at radius 3 is 1.64 bits per heavy atom. The number of allylic oxidation sites excluding steroid dienone is 4. The Balaban J connectivity index is 1.07. The van der Waals surface area contributed by atoms with E-state index < -0.39 is 5.41 Å². The predicted octanol–water partition coefficient (Wildman–Crippen LogP) is 14.7. The van der Waals surface area contributed by atoms with Crippen LogP contribution in [0.2, 0.25) is 0 Å². The highest BCUT2D eigenvalue weighted by Gasteiger charge is 2.47. The molecule has 3 nitrogen and oxygen atoms in total. The van der Waals surface area contributed by atoms with E-state index in [1.807, 2.05) is 18.2 Å². The first-order valence-electron chi connectivity index (χ1n) is 22.4. The van der Waals surface area contributed by atoms with Crippen LogP contribution in [0.4, 0.5) is 0 Å². The summed E-state index contributed by atoms with van der Waals surface area (Å²) in [4.78, 5) is 15.8. The van der Waals surface area contributed by atoms with E-state index in [1.165, 1.54) is 72.3 Å². The summed E-state index contributed by atoms with van der Waals surface area (Å²) in [5.41, 5.74) is 18.8. The molecule has 8 aromatic carbocycles. The van der Waals surface area contributed by atoms with Gasteiger partial charge in [0.2, 0.25) is 0 Å². The topological polar surface area (TPSA) is 38.7 Å². The summed E-state index contributed by atoms with van der Waals surface area (Å²) in [6.45, 7) is 4.72. The fourth-order valence-electron chi connectivity index (χ4n) is 10.9. The second-order valence-electron chi connectivity index (χ2n) is 17.9. The Labute approximate surface area is 375 Å². The van der Waals surface area contributed by atoms with E-state index in [0.717, 1.165) is 23.1 Å². The maximum Gasteiger partial charge on any atom is 0.164 e. The molecule has 0 radical (unpaired) electrons. The second-order valence-corrected chi connectivity index (χ2v) is 17.9. The normalized spacial score (nSPS) is 16.0. The van der Waals surface area contributed by atoms with Crippen LogP contribution < -0.4 is 0 Å². The van der Waals surface area contributed by atoms with Crippen molar-refractivity contribution >= 4 is 5.57 Å². The third-order valence-electron chi connectivity index (χ3n) is 14.0. The molecule has 12 rings (SSSR count). The van der Waals surface area contributed by atoms with Crippen LogP contribution in [-0.4, -0.2) is 15.0 Å². The van der Waals surface area contributed by atoms with Gasteiger partial charge in [-0.25, -0.2) is 15.0 Å². The van der Waals surface area contributed by atoms with Crippen molar-refractivity contribution in [2.75, 3.05) is 0 Å². The molecular weight excluding hydrogens is 775 g/mol. The monoisotopic (exact) mass is 819 g/mol. The first-order chi connectivity index (χ1) is 31.5. The summed E-state index contributed by atoms with van der Waals surface area (Å²) in [7, 11) is 0. The first kappa shape index (κ1) is 38.0. The first-order valence-corrected chi connectivity index (χ1v) is 22.4. The van der Waals surface area contributed by atoms with E-state index in [9.17, 15) is 0 Å². The summed E-state index contributed by atoms with van der Waals surface area (Å²) < 4.78 is 0. The fraction of sp³-hybridized carbons (Fsp3) is 0.0984. The molecule has 64 heavy (non-hydrogen) atoms. The summed E-state index contributed by atoms with van der Waals surface area (Å²) in [6, 6.07) is 73.0. The molecule has 0 saturated carbocycles. The minimum Gasteiger partial charge on any atom is -0.209 e. The van der Waals surface area contributed by atoms with Gasteiger partial charge in [0.05, 0.1) is 5.41 Å². The van der Waals surface area contributed by atoms with E-state index >= 15 is 0 Å². The van der Waals surface area contributed by atoms with Gasteiger partial charge in [0, 0.05) is 22.5 Å². The van der Waals surface area contributed by atoms with Crippen molar-refractivity contribution in [3.05, 3.63) is 263 Å². The van der Waals surface area contributed by atoms with Gasteiger partial charge in [-0.2, -0.15) is 0 Å². The molecule has 0 spiro atoms. The highest BCUT2D eigenvalue weighted by atomic mass is 15.0. The number of nitrogens with zero attached hydrogens (tertiary/aromatic N) is 3. The lowest BCUT2D eigenvalue weighted by Gasteiger charge is -2.34. The number of benzene rings is 8. The van der Waals surface area contributed by atoms with Crippen LogP contribution in [0.15, 0.2) is 218 Å². The number of aromatic nitrogens is 3. The van der Waals surface area contributed by atoms with Crippen molar-refractivity contribution < 1.29 is 0 Å². The van der Waals surface area contributed by atoms with Gasteiger partial charge >= 0.3 is 0 Å². The molecule has 0 aliphatic heterocycles.